The van der Waals surface area contributed by atoms with E-state index >= 15 is 0 Å². The van der Waals surface area contributed by atoms with Crippen molar-refractivity contribution in [3.8, 4) is 0 Å². The summed E-state index contributed by atoms with van der Waals surface area (Å²) in [5.74, 6) is -0.224. The maximum atomic E-state index is 11.8. The van der Waals surface area contributed by atoms with Crippen molar-refractivity contribution in [2.45, 2.75) is 13.5 Å². The Balaban J connectivity index is 2.07. The molecule has 1 aromatic rings. The van der Waals surface area contributed by atoms with Crippen LogP contribution in [0.2, 0.25) is 0 Å². The molecule has 1 saturated heterocycles. The normalized spacial score (nSPS) is 24.8. The topological polar surface area (TPSA) is 37.4 Å². The number of amides is 1. The molecule has 84 valence electrons. The maximum absolute atomic E-state index is 11.8. The van der Waals surface area contributed by atoms with Gasteiger partial charge >= 0.3 is 0 Å². The Morgan fingerprint density at radius 3 is 2.62 bits per heavy atom. The van der Waals surface area contributed by atoms with E-state index in [1.165, 1.54) is 0 Å². The van der Waals surface area contributed by atoms with Crippen molar-refractivity contribution in [1.82, 2.24) is 4.90 Å². The maximum Gasteiger partial charge on any atom is 0.226 e. The first-order valence-corrected chi connectivity index (χ1v) is 5.50. The Bertz CT molecular complexity index is 388. The zero-order valence-corrected chi connectivity index (χ0v) is 9.30. The van der Waals surface area contributed by atoms with Crippen molar-refractivity contribution < 1.29 is 9.59 Å². The van der Waals surface area contributed by atoms with Crippen molar-refractivity contribution in [3.05, 3.63) is 35.9 Å². The average molecular weight is 217 g/mol. The predicted molar refractivity (Wildman–Crippen MR) is 60.6 cm³/mol. The van der Waals surface area contributed by atoms with Gasteiger partial charge in [0.25, 0.3) is 0 Å². The van der Waals surface area contributed by atoms with Crippen LogP contribution in [0.5, 0.6) is 0 Å². The molecule has 1 amide bonds. The van der Waals surface area contributed by atoms with Gasteiger partial charge in [0.05, 0.1) is 0 Å². The van der Waals surface area contributed by atoms with E-state index in [1.807, 2.05) is 37.3 Å². The number of benzene rings is 1. The number of carbonyl (C=O) groups is 2. The molecule has 3 nitrogen and oxygen atoms in total. The smallest absolute Gasteiger partial charge is 0.226 e. The quantitative estimate of drug-likeness (QED) is 0.719. The Morgan fingerprint density at radius 1 is 1.38 bits per heavy atom. The summed E-state index contributed by atoms with van der Waals surface area (Å²) in [5.41, 5.74) is 1.11. The molecular weight excluding hydrogens is 202 g/mol. The first-order valence-electron chi connectivity index (χ1n) is 5.50. The van der Waals surface area contributed by atoms with Crippen LogP contribution >= 0.6 is 0 Å². The van der Waals surface area contributed by atoms with Gasteiger partial charge in [0, 0.05) is 24.9 Å². The van der Waals surface area contributed by atoms with Gasteiger partial charge in [-0.3, -0.25) is 4.79 Å². The van der Waals surface area contributed by atoms with Crippen LogP contribution in [0.3, 0.4) is 0 Å². The molecule has 0 saturated carbocycles. The SMILES string of the molecule is C[C@H]1C(=O)N(Cc2ccccc2)C[C@@H]1C=O. The Labute approximate surface area is 95.1 Å². The molecule has 3 heteroatoms. The number of carbonyl (C=O) groups excluding carboxylic acids is 2. The summed E-state index contributed by atoms with van der Waals surface area (Å²) in [6.45, 7) is 2.99. The summed E-state index contributed by atoms with van der Waals surface area (Å²) in [4.78, 5) is 24.4. The van der Waals surface area contributed by atoms with E-state index in [4.69, 9.17) is 0 Å². The van der Waals surface area contributed by atoms with E-state index in [9.17, 15) is 9.59 Å². The second-order valence-electron chi connectivity index (χ2n) is 4.29. The third kappa shape index (κ3) is 1.98. The number of nitrogens with zero attached hydrogens (tertiary/aromatic N) is 1. The van der Waals surface area contributed by atoms with E-state index in [0.29, 0.717) is 13.1 Å². The molecule has 2 rings (SSSR count). The van der Waals surface area contributed by atoms with Crippen LogP contribution in [0.1, 0.15) is 12.5 Å². The molecule has 2 atom stereocenters. The van der Waals surface area contributed by atoms with Gasteiger partial charge in [-0.05, 0) is 5.56 Å². The van der Waals surface area contributed by atoms with Gasteiger partial charge in [-0.1, -0.05) is 37.3 Å². The molecule has 1 aromatic carbocycles. The molecule has 0 aliphatic carbocycles. The summed E-state index contributed by atoms with van der Waals surface area (Å²) in [5, 5.41) is 0. The van der Waals surface area contributed by atoms with Gasteiger partial charge < -0.3 is 9.69 Å². The fourth-order valence-electron chi connectivity index (χ4n) is 2.08. The van der Waals surface area contributed by atoms with Crippen LogP contribution in [0.25, 0.3) is 0 Å². The Morgan fingerprint density at radius 2 is 2.06 bits per heavy atom. The molecule has 0 unspecified atom stereocenters. The van der Waals surface area contributed by atoms with Crippen LogP contribution in [0.15, 0.2) is 30.3 Å². The molecular formula is C13H15NO2. The summed E-state index contributed by atoms with van der Waals surface area (Å²) >= 11 is 0. The van der Waals surface area contributed by atoms with Crippen LogP contribution in [0, 0.1) is 11.8 Å². The first kappa shape index (κ1) is 10.9. The highest BCUT2D eigenvalue weighted by molar-refractivity contribution is 5.85. The van der Waals surface area contributed by atoms with Crippen LogP contribution in [0.4, 0.5) is 0 Å². The molecule has 0 bridgehead atoms. The summed E-state index contributed by atoms with van der Waals surface area (Å²) < 4.78 is 0. The molecule has 1 aliphatic rings. The highest BCUT2D eigenvalue weighted by Crippen LogP contribution is 2.24. The third-order valence-electron chi connectivity index (χ3n) is 3.17. The minimum absolute atomic E-state index is 0.0842. The largest absolute Gasteiger partial charge is 0.337 e. The minimum atomic E-state index is -0.166. The number of aldehydes is 1. The molecule has 1 aliphatic heterocycles. The number of hydrogen-bond donors (Lipinski definition) is 0. The second kappa shape index (κ2) is 4.47. The molecule has 1 heterocycles. The first-order chi connectivity index (χ1) is 7.72. The fraction of sp³-hybridized carbons (Fsp3) is 0.385. The van der Waals surface area contributed by atoms with Crippen LogP contribution in [-0.4, -0.2) is 23.6 Å². The van der Waals surface area contributed by atoms with Gasteiger partial charge in [-0.2, -0.15) is 0 Å². The van der Waals surface area contributed by atoms with Gasteiger partial charge in [0.15, 0.2) is 0 Å². The van der Waals surface area contributed by atoms with Gasteiger partial charge in [-0.25, -0.2) is 0 Å². The molecule has 1 fully saturated rings. The van der Waals surface area contributed by atoms with Crippen molar-refractivity contribution >= 4 is 12.2 Å². The predicted octanol–water partition coefficient (Wildman–Crippen LogP) is 1.48. The zero-order chi connectivity index (χ0) is 11.5. The lowest BCUT2D eigenvalue weighted by Crippen LogP contribution is -2.26. The lowest BCUT2D eigenvalue weighted by Gasteiger charge is -2.15. The molecule has 0 spiro atoms. The van der Waals surface area contributed by atoms with E-state index < -0.39 is 0 Å². The standard InChI is InChI=1S/C13H15NO2/c1-10-12(9-15)8-14(13(10)16)7-11-5-3-2-4-6-11/h2-6,9-10,12H,7-8H2,1H3/t10-,12-/m1/s1. The highest BCUT2D eigenvalue weighted by atomic mass is 16.2. The fourth-order valence-corrected chi connectivity index (χ4v) is 2.08. The van der Waals surface area contributed by atoms with Gasteiger partial charge in [0.2, 0.25) is 5.91 Å². The van der Waals surface area contributed by atoms with Crippen molar-refractivity contribution in [1.29, 1.82) is 0 Å². The van der Waals surface area contributed by atoms with E-state index in [1.54, 1.807) is 4.90 Å². The number of hydrogen-bond acceptors (Lipinski definition) is 2. The molecule has 0 aromatic heterocycles. The lowest BCUT2D eigenvalue weighted by atomic mass is 10.00. The Hall–Kier alpha value is -1.64. The van der Waals surface area contributed by atoms with Crippen LogP contribution < -0.4 is 0 Å². The second-order valence-corrected chi connectivity index (χ2v) is 4.29. The van der Waals surface area contributed by atoms with Gasteiger partial charge in [0.1, 0.15) is 6.29 Å². The third-order valence-corrected chi connectivity index (χ3v) is 3.17. The molecule has 0 N–H and O–H groups in total. The summed E-state index contributed by atoms with van der Waals surface area (Å²) in [6, 6.07) is 9.84. The average Bonchev–Trinajstić information content (AvgIpc) is 2.58. The van der Waals surface area contributed by atoms with E-state index in [0.717, 1.165) is 11.8 Å². The summed E-state index contributed by atoms with van der Waals surface area (Å²) in [7, 11) is 0. The van der Waals surface area contributed by atoms with Crippen molar-refractivity contribution in [2.75, 3.05) is 6.54 Å². The lowest BCUT2D eigenvalue weighted by molar-refractivity contribution is -0.131. The van der Waals surface area contributed by atoms with Crippen LogP contribution in [-0.2, 0) is 16.1 Å². The Kier molecular flexibility index (Phi) is 3.04. The minimum Gasteiger partial charge on any atom is -0.337 e. The zero-order valence-electron chi connectivity index (χ0n) is 9.30. The number of likely N-dealkylation sites (tertiary alicyclic amines) is 1. The number of rotatable bonds is 3. The monoisotopic (exact) mass is 217 g/mol. The van der Waals surface area contributed by atoms with E-state index in [-0.39, 0.29) is 17.7 Å². The van der Waals surface area contributed by atoms with E-state index in [2.05, 4.69) is 0 Å². The molecule has 0 radical (unpaired) electrons. The van der Waals surface area contributed by atoms with Crippen molar-refractivity contribution in [2.24, 2.45) is 11.8 Å². The summed E-state index contributed by atoms with van der Waals surface area (Å²) in [6.07, 6.45) is 0.896. The molecule has 16 heavy (non-hydrogen) atoms. The highest BCUT2D eigenvalue weighted by Gasteiger charge is 2.36. The van der Waals surface area contributed by atoms with Gasteiger partial charge in [-0.15, -0.1) is 0 Å². The van der Waals surface area contributed by atoms with Crippen molar-refractivity contribution in [3.63, 3.8) is 0 Å².